The lowest BCUT2D eigenvalue weighted by molar-refractivity contribution is -0.115. The third-order valence-corrected chi connectivity index (χ3v) is 6.76. The molecule has 0 fully saturated rings. The van der Waals surface area contributed by atoms with Crippen molar-refractivity contribution in [3.05, 3.63) is 34.5 Å². The highest BCUT2D eigenvalue weighted by Crippen LogP contribution is 2.40. The molecule has 0 atom stereocenters. The molecule has 188 valence electrons. The summed E-state index contributed by atoms with van der Waals surface area (Å²) in [7, 11) is 7.47. The van der Waals surface area contributed by atoms with E-state index in [1.54, 1.807) is 37.8 Å². The van der Waals surface area contributed by atoms with E-state index in [2.05, 4.69) is 20.2 Å². The molecule has 2 aromatic heterocycles. The van der Waals surface area contributed by atoms with Gasteiger partial charge in [-0.05, 0) is 57.8 Å². The van der Waals surface area contributed by atoms with Gasteiger partial charge >= 0.3 is 0 Å². The lowest BCUT2D eigenvalue weighted by atomic mass is 9.97. The number of nitrogens with one attached hydrogen (secondary N) is 2. The van der Waals surface area contributed by atoms with Crippen LogP contribution in [0.25, 0.3) is 10.2 Å². The minimum absolute atomic E-state index is 0.527. The number of benzene rings is 1. The van der Waals surface area contributed by atoms with E-state index < -0.39 is 0 Å². The summed E-state index contributed by atoms with van der Waals surface area (Å²) in [6, 6.07) is 3.65. The first-order valence-corrected chi connectivity index (χ1v) is 12.5. The van der Waals surface area contributed by atoms with Crippen LogP contribution in [0.5, 0.6) is 5.75 Å². The van der Waals surface area contributed by atoms with Gasteiger partial charge in [0.15, 0.2) is 0 Å². The monoisotopic (exact) mass is 497 g/mol. The number of aromatic nitrogens is 2. The Morgan fingerprint density at radius 1 is 1.20 bits per heavy atom. The molecule has 0 saturated carbocycles. The largest absolute Gasteiger partial charge is 0.491 e. The Morgan fingerprint density at radius 2 is 1.94 bits per heavy atom. The van der Waals surface area contributed by atoms with Crippen LogP contribution >= 0.6 is 11.3 Å². The lowest BCUT2D eigenvalue weighted by Gasteiger charge is -2.17. The highest BCUT2D eigenvalue weighted by atomic mass is 32.1. The number of rotatable bonds is 9. The van der Waals surface area contributed by atoms with E-state index in [-0.39, 0.29) is 0 Å². The normalized spacial score (nSPS) is 12.5. The average Bonchev–Trinajstić information content (AvgIpc) is 3.23. The molecule has 1 amide bonds. The Kier molecular flexibility index (Phi) is 9.39. The summed E-state index contributed by atoms with van der Waals surface area (Å²) in [5.41, 5.74) is 9.44. The molecule has 0 bridgehead atoms. The van der Waals surface area contributed by atoms with Gasteiger partial charge in [0.05, 0.1) is 17.7 Å². The van der Waals surface area contributed by atoms with Crippen molar-refractivity contribution in [3.8, 4) is 5.75 Å². The molecule has 3 aromatic rings. The van der Waals surface area contributed by atoms with Crippen molar-refractivity contribution in [2.45, 2.75) is 32.1 Å². The van der Waals surface area contributed by atoms with E-state index in [0.717, 1.165) is 53.9 Å². The van der Waals surface area contributed by atoms with Crippen LogP contribution < -0.4 is 15.8 Å². The number of aryl methyl sites for hydroxylation is 2. The van der Waals surface area contributed by atoms with Gasteiger partial charge in [0, 0.05) is 49.0 Å². The van der Waals surface area contributed by atoms with Crippen molar-refractivity contribution in [2.75, 3.05) is 52.4 Å². The molecule has 1 aromatic carbocycles. The predicted molar refractivity (Wildman–Crippen MR) is 144 cm³/mol. The number of thiophene rings is 1. The SMILES string of the molecule is CN(C)C=O.CN(C)CCCOc1cc(N)c(C=N)cc1Nc1ncnc2sc3c(c12)CCCC3. The summed E-state index contributed by atoms with van der Waals surface area (Å²) < 4.78 is 6.06. The number of fused-ring (bicyclic) bond motifs is 3. The highest BCUT2D eigenvalue weighted by Gasteiger charge is 2.21. The number of nitrogens with zero attached hydrogens (tertiary/aromatic N) is 4. The standard InChI is InChI=1S/C22H28N6OS.C3H7NO/c1-28(2)8-5-9-29-18-11-16(24)14(12-23)10-17(18)27-21-20-15-6-3-4-7-19(15)30-22(20)26-13-25-21;1-4(2)3-5/h10-13,23H,3-9,24H2,1-2H3,(H,25,26,27);3H,1-2H3. The zero-order valence-electron chi connectivity index (χ0n) is 20.9. The third kappa shape index (κ3) is 6.89. The summed E-state index contributed by atoms with van der Waals surface area (Å²) in [5, 5.41) is 12.3. The first kappa shape index (κ1) is 26.4. The maximum Gasteiger partial charge on any atom is 0.209 e. The fraction of sp³-hybridized carbons (Fsp3) is 0.440. The summed E-state index contributed by atoms with van der Waals surface area (Å²) >= 11 is 1.78. The van der Waals surface area contributed by atoms with Crippen molar-refractivity contribution in [2.24, 2.45) is 0 Å². The Bertz CT molecular complexity index is 1160. The Balaban J connectivity index is 0.000000623. The summed E-state index contributed by atoms with van der Waals surface area (Å²) in [5.74, 6) is 1.46. The third-order valence-electron chi connectivity index (χ3n) is 5.56. The van der Waals surface area contributed by atoms with Crippen molar-refractivity contribution in [3.63, 3.8) is 0 Å². The molecule has 0 saturated heterocycles. The van der Waals surface area contributed by atoms with Crippen LogP contribution in [0, 0.1) is 5.41 Å². The van der Waals surface area contributed by atoms with Crippen LogP contribution in [0.3, 0.4) is 0 Å². The van der Waals surface area contributed by atoms with Crippen molar-refractivity contribution in [1.29, 1.82) is 5.41 Å². The molecule has 1 aliphatic carbocycles. The van der Waals surface area contributed by atoms with Gasteiger partial charge in [-0.15, -0.1) is 11.3 Å². The van der Waals surface area contributed by atoms with E-state index >= 15 is 0 Å². The van der Waals surface area contributed by atoms with Crippen molar-refractivity contribution >= 4 is 51.4 Å². The topological polar surface area (TPSA) is 120 Å². The lowest BCUT2D eigenvalue weighted by Crippen LogP contribution is -2.15. The van der Waals surface area contributed by atoms with Crippen LogP contribution in [-0.4, -0.2) is 73.7 Å². The second-order valence-electron chi connectivity index (χ2n) is 8.93. The molecular weight excluding hydrogens is 462 g/mol. The second-order valence-corrected chi connectivity index (χ2v) is 10.0. The van der Waals surface area contributed by atoms with E-state index in [4.69, 9.17) is 15.9 Å². The minimum Gasteiger partial charge on any atom is -0.491 e. The first-order valence-electron chi connectivity index (χ1n) is 11.7. The molecule has 4 rings (SSSR count). The quantitative estimate of drug-likeness (QED) is 0.177. The van der Waals surface area contributed by atoms with Gasteiger partial charge in [0.2, 0.25) is 6.41 Å². The molecule has 35 heavy (non-hydrogen) atoms. The summed E-state index contributed by atoms with van der Waals surface area (Å²) in [6.45, 7) is 1.54. The van der Waals surface area contributed by atoms with Gasteiger partial charge in [-0.25, -0.2) is 9.97 Å². The van der Waals surface area contributed by atoms with Gasteiger partial charge in [-0.1, -0.05) is 0 Å². The van der Waals surface area contributed by atoms with E-state index in [1.807, 2.05) is 20.2 Å². The number of ether oxygens (including phenoxy) is 1. The number of amides is 1. The van der Waals surface area contributed by atoms with Gasteiger partial charge < -0.3 is 31.0 Å². The number of nitrogens with two attached hydrogens (primary N) is 1. The van der Waals surface area contributed by atoms with Crippen LogP contribution in [0.15, 0.2) is 18.5 Å². The molecule has 9 nitrogen and oxygen atoms in total. The zero-order valence-corrected chi connectivity index (χ0v) is 21.7. The zero-order chi connectivity index (χ0) is 25.4. The van der Waals surface area contributed by atoms with Gasteiger partial charge in [-0.2, -0.15) is 0 Å². The predicted octanol–water partition coefficient (Wildman–Crippen LogP) is 3.93. The molecule has 4 N–H and O–H groups in total. The fourth-order valence-electron chi connectivity index (χ4n) is 3.83. The van der Waals surface area contributed by atoms with Crippen molar-refractivity contribution in [1.82, 2.24) is 19.8 Å². The van der Waals surface area contributed by atoms with E-state index in [9.17, 15) is 4.79 Å². The van der Waals surface area contributed by atoms with E-state index in [0.29, 0.717) is 23.6 Å². The average molecular weight is 498 g/mol. The van der Waals surface area contributed by atoms with Crippen LogP contribution in [0.1, 0.15) is 35.3 Å². The minimum atomic E-state index is 0.527. The molecule has 0 spiro atoms. The molecule has 0 unspecified atom stereocenters. The van der Waals surface area contributed by atoms with Gasteiger partial charge in [-0.3, -0.25) is 4.79 Å². The number of anilines is 3. The number of nitrogen functional groups attached to an aromatic ring is 1. The Labute approximate surface area is 210 Å². The summed E-state index contributed by atoms with van der Waals surface area (Å²) in [6.07, 6.45) is 9.16. The number of hydrogen-bond acceptors (Lipinski definition) is 9. The second kappa shape index (κ2) is 12.5. The molecule has 1 aliphatic rings. The Hall–Kier alpha value is -3.24. The molecule has 0 radical (unpaired) electrons. The van der Waals surface area contributed by atoms with Crippen LogP contribution in [0.4, 0.5) is 17.2 Å². The Morgan fingerprint density at radius 3 is 2.63 bits per heavy atom. The molecular formula is C25H35N7O2S. The van der Waals surface area contributed by atoms with Crippen LogP contribution in [0.2, 0.25) is 0 Å². The van der Waals surface area contributed by atoms with Crippen molar-refractivity contribution < 1.29 is 9.53 Å². The molecule has 0 aliphatic heterocycles. The summed E-state index contributed by atoms with van der Waals surface area (Å²) in [4.78, 5) is 24.5. The number of carbonyl (C=O) groups excluding carboxylic acids is 1. The number of hydrogen-bond donors (Lipinski definition) is 3. The maximum atomic E-state index is 9.43. The molecule has 2 heterocycles. The van der Waals surface area contributed by atoms with E-state index in [1.165, 1.54) is 34.4 Å². The highest BCUT2D eigenvalue weighted by molar-refractivity contribution is 7.19. The van der Waals surface area contributed by atoms with Gasteiger partial charge in [0.1, 0.15) is 22.7 Å². The first-order chi connectivity index (χ1) is 16.8. The van der Waals surface area contributed by atoms with Crippen LogP contribution in [-0.2, 0) is 17.6 Å². The van der Waals surface area contributed by atoms with Gasteiger partial charge in [0.25, 0.3) is 0 Å². The maximum absolute atomic E-state index is 9.43. The molecule has 10 heteroatoms. The number of carbonyl (C=O) groups is 1. The fourth-order valence-corrected chi connectivity index (χ4v) is 5.06. The smallest absolute Gasteiger partial charge is 0.209 e.